The van der Waals surface area contributed by atoms with Crippen LogP contribution < -0.4 is 4.74 Å². The van der Waals surface area contributed by atoms with Gasteiger partial charge in [-0.2, -0.15) is 0 Å². The normalized spacial score (nSPS) is 16.8. The first-order valence-electron chi connectivity index (χ1n) is 8.96. The zero-order chi connectivity index (χ0) is 18.4. The molecule has 2 aromatic rings. The van der Waals surface area contributed by atoms with Gasteiger partial charge >= 0.3 is 5.97 Å². The number of carbonyl (C=O) groups excluding carboxylic acids is 2. The maximum atomic E-state index is 12.7. The first kappa shape index (κ1) is 18.0. The second-order valence-electron chi connectivity index (χ2n) is 6.28. The van der Waals surface area contributed by atoms with E-state index in [0.29, 0.717) is 31.0 Å². The van der Waals surface area contributed by atoms with E-state index in [9.17, 15) is 9.59 Å². The molecule has 0 spiro atoms. The zero-order valence-corrected chi connectivity index (χ0v) is 14.9. The van der Waals surface area contributed by atoms with Gasteiger partial charge < -0.3 is 14.4 Å². The van der Waals surface area contributed by atoms with E-state index >= 15 is 0 Å². The quantitative estimate of drug-likeness (QED) is 0.765. The van der Waals surface area contributed by atoms with E-state index < -0.39 is 0 Å². The number of esters is 1. The molecule has 5 nitrogen and oxygen atoms in total. The molecule has 2 aromatic carbocycles. The Morgan fingerprint density at radius 3 is 2.42 bits per heavy atom. The highest BCUT2D eigenvalue weighted by molar-refractivity contribution is 5.94. The van der Waals surface area contributed by atoms with Crippen molar-refractivity contribution in [2.45, 2.75) is 19.8 Å². The van der Waals surface area contributed by atoms with Crippen LogP contribution >= 0.6 is 0 Å². The van der Waals surface area contributed by atoms with Gasteiger partial charge in [0.25, 0.3) is 5.91 Å². The molecule has 0 saturated carbocycles. The number of hydrogen-bond donors (Lipinski definition) is 0. The summed E-state index contributed by atoms with van der Waals surface area (Å²) >= 11 is 0. The molecular weight excluding hydrogens is 330 g/mol. The molecule has 0 aliphatic carbocycles. The Hall–Kier alpha value is -2.82. The summed E-state index contributed by atoms with van der Waals surface area (Å²) in [7, 11) is 0. The predicted molar refractivity (Wildman–Crippen MR) is 98.2 cm³/mol. The fraction of sp³-hybridized carbons (Fsp3) is 0.333. The first-order chi connectivity index (χ1) is 12.7. The zero-order valence-electron chi connectivity index (χ0n) is 14.9. The molecular formula is C21H23NO4. The summed E-state index contributed by atoms with van der Waals surface area (Å²) in [5.74, 6) is 0.922. The topological polar surface area (TPSA) is 55.8 Å². The number of hydrogen-bond acceptors (Lipinski definition) is 4. The summed E-state index contributed by atoms with van der Waals surface area (Å²) in [6.45, 7) is 3.24. The summed E-state index contributed by atoms with van der Waals surface area (Å²) in [5.41, 5.74) is 0.593. The van der Waals surface area contributed by atoms with Gasteiger partial charge in [0.05, 0.1) is 12.5 Å². The average molecular weight is 353 g/mol. The van der Waals surface area contributed by atoms with Crippen molar-refractivity contribution in [3.63, 3.8) is 0 Å². The van der Waals surface area contributed by atoms with E-state index in [1.807, 2.05) is 30.3 Å². The van der Waals surface area contributed by atoms with E-state index in [1.54, 1.807) is 36.1 Å². The van der Waals surface area contributed by atoms with Gasteiger partial charge in [-0.15, -0.1) is 0 Å². The van der Waals surface area contributed by atoms with Crippen LogP contribution in [0.4, 0.5) is 0 Å². The Labute approximate surface area is 153 Å². The third-order valence-corrected chi connectivity index (χ3v) is 4.41. The van der Waals surface area contributed by atoms with Gasteiger partial charge in [-0.05, 0) is 56.2 Å². The van der Waals surface area contributed by atoms with Gasteiger partial charge in [-0.25, -0.2) is 0 Å². The van der Waals surface area contributed by atoms with Crippen molar-refractivity contribution in [2.24, 2.45) is 5.92 Å². The Morgan fingerprint density at radius 1 is 1.04 bits per heavy atom. The Bertz CT molecular complexity index is 742. The van der Waals surface area contributed by atoms with Crippen LogP contribution in [0.5, 0.6) is 11.5 Å². The monoisotopic (exact) mass is 353 g/mol. The number of likely N-dealkylation sites (tertiary alicyclic amines) is 1. The second-order valence-corrected chi connectivity index (χ2v) is 6.28. The minimum Gasteiger partial charge on any atom is -0.466 e. The van der Waals surface area contributed by atoms with Crippen LogP contribution in [-0.4, -0.2) is 36.5 Å². The van der Waals surface area contributed by atoms with Gasteiger partial charge in [0.1, 0.15) is 11.5 Å². The smallest absolute Gasteiger partial charge is 0.310 e. The lowest BCUT2D eigenvalue weighted by molar-refractivity contribution is -0.149. The van der Waals surface area contributed by atoms with E-state index in [-0.39, 0.29) is 17.8 Å². The highest BCUT2D eigenvalue weighted by Gasteiger charge is 2.29. The molecule has 5 heteroatoms. The highest BCUT2D eigenvalue weighted by atomic mass is 16.5. The fourth-order valence-electron chi connectivity index (χ4n) is 3.09. The molecule has 0 radical (unpaired) electrons. The van der Waals surface area contributed by atoms with Gasteiger partial charge in [0.2, 0.25) is 0 Å². The van der Waals surface area contributed by atoms with Crippen molar-refractivity contribution >= 4 is 11.9 Å². The number of carbonyl (C=O) groups is 2. The standard InChI is InChI=1S/C21H23NO4/c1-2-25-21(24)17-7-6-14-22(15-17)20(23)16-10-12-19(13-11-16)26-18-8-4-3-5-9-18/h3-5,8-13,17H,2,6-7,14-15H2,1H3/t17-/m0/s1. The third-order valence-electron chi connectivity index (χ3n) is 4.41. The molecule has 1 aliphatic rings. The van der Waals surface area contributed by atoms with Crippen molar-refractivity contribution < 1.29 is 19.1 Å². The molecule has 1 amide bonds. The Morgan fingerprint density at radius 2 is 1.73 bits per heavy atom. The van der Waals surface area contributed by atoms with Gasteiger partial charge in [-0.1, -0.05) is 18.2 Å². The summed E-state index contributed by atoms with van der Waals surface area (Å²) in [4.78, 5) is 26.4. The summed E-state index contributed by atoms with van der Waals surface area (Å²) < 4.78 is 10.8. The van der Waals surface area contributed by atoms with Crippen molar-refractivity contribution in [1.82, 2.24) is 4.90 Å². The molecule has 26 heavy (non-hydrogen) atoms. The number of ether oxygens (including phenoxy) is 2. The molecule has 1 heterocycles. The molecule has 1 aliphatic heterocycles. The third kappa shape index (κ3) is 4.42. The van der Waals surface area contributed by atoms with Crippen molar-refractivity contribution in [2.75, 3.05) is 19.7 Å². The molecule has 3 rings (SSSR count). The maximum absolute atomic E-state index is 12.7. The van der Waals surface area contributed by atoms with Crippen LogP contribution in [0.3, 0.4) is 0 Å². The number of para-hydroxylation sites is 1. The average Bonchev–Trinajstić information content (AvgIpc) is 2.69. The molecule has 1 saturated heterocycles. The van der Waals surface area contributed by atoms with Crippen LogP contribution in [-0.2, 0) is 9.53 Å². The second kappa shape index (κ2) is 8.52. The van der Waals surface area contributed by atoms with E-state index in [1.165, 1.54) is 0 Å². The number of nitrogens with zero attached hydrogens (tertiary/aromatic N) is 1. The molecule has 0 bridgehead atoms. The number of rotatable bonds is 5. The van der Waals surface area contributed by atoms with Crippen LogP contribution in [0, 0.1) is 5.92 Å². The minimum absolute atomic E-state index is 0.0646. The number of amides is 1. The molecule has 0 aromatic heterocycles. The lowest BCUT2D eigenvalue weighted by Gasteiger charge is -2.31. The summed E-state index contributed by atoms with van der Waals surface area (Å²) in [6.07, 6.45) is 1.58. The van der Waals surface area contributed by atoms with Gasteiger partial charge in [0, 0.05) is 18.7 Å². The molecule has 0 unspecified atom stereocenters. The minimum atomic E-state index is -0.228. The molecule has 136 valence electrons. The number of benzene rings is 2. The lowest BCUT2D eigenvalue weighted by Crippen LogP contribution is -2.42. The van der Waals surface area contributed by atoms with Gasteiger partial charge in [-0.3, -0.25) is 9.59 Å². The first-order valence-corrected chi connectivity index (χ1v) is 8.96. The fourth-order valence-corrected chi connectivity index (χ4v) is 3.09. The van der Waals surface area contributed by atoms with Gasteiger partial charge in [0.15, 0.2) is 0 Å². The van der Waals surface area contributed by atoms with Crippen molar-refractivity contribution in [3.05, 3.63) is 60.2 Å². The molecule has 0 N–H and O–H groups in total. The Balaban J connectivity index is 1.63. The highest BCUT2D eigenvalue weighted by Crippen LogP contribution is 2.23. The molecule has 1 atom stereocenters. The van der Waals surface area contributed by atoms with E-state index in [2.05, 4.69) is 0 Å². The van der Waals surface area contributed by atoms with Crippen LogP contribution in [0.2, 0.25) is 0 Å². The summed E-state index contributed by atoms with van der Waals surface area (Å²) in [6, 6.07) is 16.6. The van der Waals surface area contributed by atoms with Crippen LogP contribution in [0.15, 0.2) is 54.6 Å². The molecule has 1 fully saturated rings. The van der Waals surface area contributed by atoms with Crippen molar-refractivity contribution in [1.29, 1.82) is 0 Å². The predicted octanol–water partition coefficient (Wildman–Crippen LogP) is 3.89. The van der Waals surface area contributed by atoms with E-state index in [4.69, 9.17) is 9.47 Å². The largest absolute Gasteiger partial charge is 0.466 e. The van der Waals surface area contributed by atoms with E-state index in [0.717, 1.165) is 18.6 Å². The Kier molecular flexibility index (Phi) is 5.89. The van der Waals surface area contributed by atoms with Crippen LogP contribution in [0.1, 0.15) is 30.1 Å². The maximum Gasteiger partial charge on any atom is 0.310 e. The van der Waals surface area contributed by atoms with Crippen molar-refractivity contribution in [3.8, 4) is 11.5 Å². The SMILES string of the molecule is CCOC(=O)[C@H]1CCCN(C(=O)c2ccc(Oc3ccccc3)cc2)C1. The number of piperidine rings is 1. The lowest BCUT2D eigenvalue weighted by atomic mass is 9.97. The van der Waals surface area contributed by atoms with Crippen LogP contribution in [0.25, 0.3) is 0 Å². The summed E-state index contributed by atoms with van der Waals surface area (Å²) in [5, 5.41) is 0.